The molecule has 1 saturated heterocycles. The maximum Gasteiger partial charge on any atom is 0.220 e. The fourth-order valence-corrected chi connectivity index (χ4v) is 9.64. The van der Waals surface area contributed by atoms with Crippen molar-refractivity contribution in [2.24, 2.45) is 0 Å². The highest BCUT2D eigenvalue weighted by Crippen LogP contribution is 2.23. The maximum absolute atomic E-state index is 13.1. The number of amides is 1. The minimum atomic E-state index is -1.57. The second kappa shape index (κ2) is 50.9. The number of aliphatic hydroxyl groups is 5. The van der Waals surface area contributed by atoms with Crippen LogP contribution in [-0.4, -0.2) is 87.5 Å². The molecule has 1 rings (SSSR count). The molecule has 0 aromatic heterocycles. The Hall–Kier alpha value is -1.59. The van der Waals surface area contributed by atoms with Crippen molar-refractivity contribution < 1.29 is 39.8 Å². The van der Waals surface area contributed by atoms with Crippen LogP contribution in [0.15, 0.2) is 36.5 Å². The third-order valence-electron chi connectivity index (χ3n) is 14.4. The first-order valence-electron chi connectivity index (χ1n) is 30.2. The van der Waals surface area contributed by atoms with Gasteiger partial charge in [0.15, 0.2) is 6.29 Å². The number of ether oxygens (including phenoxy) is 2. The minimum absolute atomic E-state index is 0.187. The van der Waals surface area contributed by atoms with Crippen molar-refractivity contribution in [3.63, 3.8) is 0 Å². The lowest BCUT2D eigenvalue weighted by atomic mass is 9.99. The Morgan fingerprint density at radius 2 is 0.814 bits per heavy atom. The Morgan fingerprint density at radius 1 is 0.471 bits per heavy atom. The number of nitrogens with one attached hydrogen (secondary N) is 1. The van der Waals surface area contributed by atoms with Gasteiger partial charge < -0.3 is 40.3 Å². The molecule has 1 aliphatic heterocycles. The highest BCUT2D eigenvalue weighted by atomic mass is 16.7. The van der Waals surface area contributed by atoms with Gasteiger partial charge in [-0.1, -0.05) is 262 Å². The minimum Gasteiger partial charge on any atom is -0.394 e. The van der Waals surface area contributed by atoms with Gasteiger partial charge in [-0.15, -0.1) is 0 Å². The second-order valence-electron chi connectivity index (χ2n) is 21.1. The molecular formula is C61H115NO8. The summed E-state index contributed by atoms with van der Waals surface area (Å²) in [6.07, 6.45) is 59.3. The van der Waals surface area contributed by atoms with Gasteiger partial charge in [0.2, 0.25) is 5.91 Å². The van der Waals surface area contributed by atoms with Gasteiger partial charge in [0, 0.05) is 6.42 Å². The van der Waals surface area contributed by atoms with Crippen LogP contribution in [0.2, 0.25) is 0 Å². The topological polar surface area (TPSA) is 149 Å². The van der Waals surface area contributed by atoms with Crippen molar-refractivity contribution >= 4 is 5.91 Å². The van der Waals surface area contributed by atoms with Gasteiger partial charge in [0.05, 0.1) is 25.4 Å². The molecule has 70 heavy (non-hydrogen) atoms. The summed E-state index contributed by atoms with van der Waals surface area (Å²) in [5.41, 5.74) is 0. The van der Waals surface area contributed by atoms with Crippen LogP contribution in [0.3, 0.4) is 0 Å². The Labute approximate surface area is 431 Å². The number of allylic oxidation sites excluding steroid dienone is 5. The molecule has 412 valence electrons. The summed E-state index contributed by atoms with van der Waals surface area (Å²) in [6, 6.07) is -0.824. The highest BCUT2D eigenvalue weighted by molar-refractivity contribution is 5.76. The predicted molar refractivity (Wildman–Crippen MR) is 295 cm³/mol. The zero-order chi connectivity index (χ0) is 50.8. The van der Waals surface area contributed by atoms with E-state index in [1.165, 1.54) is 218 Å². The van der Waals surface area contributed by atoms with Crippen LogP contribution in [0.5, 0.6) is 0 Å². The standard InChI is InChI=1S/C61H115NO8/c1-3-5-7-9-11-13-15-17-19-21-23-25-27-28-29-30-32-34-36-38-40-42-44-46-48-50-55(64)54(53-69-61-60(68)59(67)58(66)56(52-63)70-61)62-57(65)51-49-47-45-43-41-39-37-35-33-31-26-24-22-20-18-16-14-12-10-8-6-4-2/h31,33,40,42,48,50,54-56,58-61,63-64,66-68H,3-30,32,34-39,41,43-47,49,51-53H2,1-2H3,(H,62,65)/b33-31-,42-40+,50-48+. The van der Waals surface area contributed by atoms with Gasteiger partial charge in [0.1, 0.15) is 24.4 Å². The number of carbonyl (C=O) groups is 1. The molecule has 0 aromatic carbocycles. The molecule has 0 bridgehead atoms. The fourth-order valence-electron chi connectivity index (χ4n) is 9.64. The molecule has 1 aliphatic rings. The van der Waals surface area contributed by atoms with Crippen molar-refractivity contribution in [3.8, 4) is 0 Å². The van der Waals surface area contributed by atoms with Crippen LogP contribution in [0, 0.1) is 0 Å². The maximum atomic E-state index is 13.1. The molecule has 1 fully saturated rings. The van der Waals surface area contributed by atoms with Crippen LogP contribution in [-0.2, 0) is 14.3 Å². The van der Waals surface area contributed by atoms with Crippen LogP contribution in [0.4, 0.5) is 0 Å². The van der Waals surface area contributed by atoms with Crippen LogP contribution in [0.25, 0.3) is 0 Å². The van der Waals surface area contributed by atoms with E-state index in [1.54, 1.807) is 6.08 Å². The molecule has 9 heteroatoms. The van der Waals surface area contributed by atoms with E-state index in [2.05, 4.69) is 43.5 Å². The van der Waals surface area contributed by atoms with E-state index in [9.17, 15) is 30.3 Å². The van der Waals surface area contributed by atoms with Crippen molar-refractivity contribution in [2.75, 3.05) is 13.2 Å². The quantitative estimate of drug-likeness (QED) is 0.0261. The normalized spacial score (nSPS) is 19.6. The summed E-state index contributed by atoms with van der Waals surface area (Å²) in [5.74, 6) is -0.187. The average molecular weight is 991 g/mol. The third-order valence-corrected chi connectivity index (χ3v) is 14.4. The predicted octanol–water partition coefficient (Wildman–Crippen LogP) is 15.1. The van der Waals surface area contributed by atoms with Crippen molar-refractivity contribution in [1.82, 2.24) is 5.32 Å². The van der Waals surface area contributed by atoms with Gasteiger partial charge in [-0.05, 0) is 57.8 Å². The van der Waals surface area contributed by atoms with E-state index in [-0.39, 0.29) is 12.5 Å². The van der Waals surface area contributed by atoms with E-state index in [0.717, 1.165) is 51.4 Å². The monoisotopic (exact) mass is 990 g/mol. The zero-order valence-corrected chi connectivity index (χ0v) is 45.8. The molecular weight excluding hydrogens is 875 g/mol. The molecule has 6 N–H and O–H groups in total. The van der Waals surface area contributed by atoms with E-state index < -0.39 is 49.5 Å². The Balaban J connectivity index is 2.23. The molecule has 0 aromatic rings. The lowest BCUT2D eigenvalue weighted by molar-refractivity contribution is -0.302. The molecule has 0 aliphatic carbocycles. The molecule has 0 radical (unpaired) electrons. The smallest absolute Gasteiger partial charge is 0.220 e. The third kappa shape index (κ3) is 39.9. The fraction of sp³-hybridized carbons (Fsp3) is 0.885. The van der Waals surface area contributed by atoms with Crippen molar-refractivity contribution in [1.29, 1.82) is 0 Å². The molecule has 0 spiro atoms. The molecule has 9 nitrogen and oxygen atoms in total. The van der Waals surface area contributed by atoms with E-state index >= 15 is 0 Å². The molecule has 1 heterocycles. The van der Waals surface area contributed by atoms with Gasteiger partial charge in [0.25, 0.3) is 0 Å². The summed E-state index contributed by atoms with van der Waals surface area (Å²) < 4.78 is 11.3. The Bertz CT molecular complexity index is 1190. The average Bonchev–Trinajstić information content (AvgIpc) is 3.36. The highest BCUT2D eigenvalue weighted by Gasteiger charge is 2.44. The molecule has 1 amide bonds. The zero-order valence-electron chi connectivity index (χ0n) is 45.8. The number of unbranched alkanes of at least 4 members (excludes halogenated alkanes) is 38. The van der Waals surface area contributed by atoms with Crippen molar-refractivity contribution in [3.05, 3.63) is 36.5 Å². The van der Waals surface area contributed by atoms with Crippen LogP contribution in [0.1, 0.15) is 290 Å². The lowest BCUT2D eigenvalue weighted by Crippen LogP contribution is -2.60. The largest absolute Gasteiger partial charge is 0.394 e. The van der Waals surface area contributed by atoms with Gasteiger partial charge >= 0.3 is 0 Å². The lowest BCUT2D eigenvalue weighted by Gasteiger charge is -2.40. The van der Waals surface area contributed by atoms with Crippen molar-refractivity contribution in [2.45, 2.75) is 333 Å². The second-order valence-corrected chi connectivity index (χ2v) is 21.1. The summed E-state index contributed by atoms with van der Waals surface area (Å²) in [5, 5.41) is 54.5. The number of rotatable bonds is 52. The van der Waals surface area contributed by atoms with Gasteiger partial charge in [-0.3, -0.25) is 4.79 Å². The summed E-state index contributed by atoms with van der Waals surface area (Å²) in [4.78, 5) is 13.1. The summed E-state index contributed by atoms with van der Waals surface area (Å²) in [7, 11) is 0. The molecule has 0 saturated carbocycles. The van der Waals surface area contributed by atoms with Gasteiger partial charge in [-0.2, -0.15) is 0 Å². The van der Waals surface area contributed by atoms with E-state index in [1.807, 2.05) is 6.08 Å². The number of carbonyl (C=O) groups excluding carboxylic acids is 1. The first kappa shape index (κ1) is 66.4. The Morgan fingerprint density at radius 3 is 1.20 bits per heavy atom. The number of hydrogen-bond acceptors (Lipinski definition) is 8. The SMILES string of the molecule is CCCCCCCCCCCCC/C=C\CCCCCCCCCC(=O)NC(COC1OC(CO)C(O)C(O)C1O)C(O)/C=C/CC/C=C/CCCCCCCCCCCCCCCCCCCCC. The summed E-state index contributed by atoms with van der Waals surface area (Å²) >= 11 is 0. The molecule has 7 unspecified atom stereocenters. The van der Waals surface area contributed by atoms with Crippen LogP contribution < -0.4 is 5.32 Å². The van der Waals surface area contributed by atoms with Gasteiger partial charge in [-0.25, -0.2) is 0 Å². The van der Waals surface area contributed by atoms with E-state index in [4.69, 9.17) is 9.47 Å². The number of hydrogen-bond donors (Lipinski definition) is 6. The summed E-state index contributed by atoms with van der Waals surface area (Å²) in [6.45, 7) is 3.80. The Kier molecular flexibility index (Phi) is 48.3. The molecule has 7 atom stereocenters. The number of aliphatic hydroxyl groups excluding tert-OH is 5. The first-order valence-corrected chi connectivity index (χ1v) is 30.2. The first-order chi connectivity index (χ1) is 34.3. The van der Waals surface area contributed by atoms with Crippen LogP contribution >= 0.6 is 0 Å². The van der Waals surface area contributed by atoms with E-state index in [0.29, 0.717) is 6.42 Å².